The molecule has 14 heavy (non-hydrogen) atoms. The number of aliphatic hydroxyl groups excluding tert-OH is 1. The van der Waals surface area contributed by atoms with Crippen LogP contribution in [0.1, 0.15) is 32.1 Å². The Hall–Kier alpha value is -0.120. The Morgan fingerprint density at radius 3 is 2.50 bits per heavy atom. The van der Waals surface area contributed by atoms with E-state index >= 15 is 0 Å². The summed E-state index contributed by atoms with van der Waals surface area (Å²) in [5, 5.41) is 8.85. The molecule has 0 aromatic rings. The van der Waals surface area contributed by atoms with Crippen molar-refractivity contribution in [2.24, 2.45) is 11.7 Å². The number of hydrogen-bond donors (Lipinski definition) is 2. The molecule has 0 bridgehead atoms. The zero-order valence-electron chi connectivity index (χ0n) is 8.86. The van der Waals surface area contributed by atoms with Crippen LogP contribution in [0.3, 0.4) is 0 Å². The van der Waals surface area contributed by atoms with Crippen molar-refractivity contribution >= 4 is 0 Å². The molecule has 2 rings (SSSR count). The van der Waals surface area contributed by atoms with Crippen LogP contribution in [0.15, 0.2) is 0 Å². The predicted octanol–water partition coefficient (Wildman–Crippen LogP) is 0.570. The summed E-state index contributed by atoms with van der Waals surface area (Å²) in [6.07, 6.45) is 6.55. The van der Waals surface area contributed by atoms with Gasteiger partial charge in [0.25, 0.3) is 0 Å². The second-order valence-electron chi connectivity index (χ2n) is 4.90. The van der Waals surface area contributed by atoms with Gasteiger partial charge in [-0.25, -0.2) is 0 Å². The molecule has 0 aliphatic heterocycles. The summed E-state index contributed by atoms with van der Waals surface area (Å²) >= 11 is 0. The summed E-state index contributed by atoms with van der Waals surface area (Å²) in [5.41, 5.74) is 5.71. The summed E-state index contributed by atoms with van der Waals surface area (Å²) in [5.74, 6) is 0.973. The number of nitrogens with zero attached hydrogens (tertiary/aromatic N) is 1. The van der Waals surface area contributed by atoms with Crippen LogP contribution in [0.5, 0.6) is 0 Å². The number of aliphatic hydroxyl groups is 1. The lowest BCUT2D eigenvalue weighted by Gasteiger charge is -2.23. The van der Waals surface area contributed by atoms with Crippen molar-refractivity contribution in [2.75, 3.05) is 19.7 Å². The van der Waals surface area contributed by atoms with Gasteiger partial charge < -0.3 is 15.7 Å². The smallest absolute Gasteiger partial charge is 0.0583 e. The highest BCUT2D eigenvalue weighted by Gasteiger charge is 2.33. The van der Waals surface area contributed by atoms with Crippen molar-refractivity contribution in [3.8, 4) is 0 Å². The Morgan fingerprint density at radius 1 is 1.29 bits per heavy atom. The third-order valence-corrected chi connectivity index (χ3v) is 3.27. The first-order valence-corrected chi connectivity index (χ1v) is 5.90. The monoisotopic (exact) mass is 198 g/mol. The average Bonchev–Trinajstić information content (AvgIpc) is 3.02. The first-order valence-electron chi connectivity index (χ1n) is 5.90. The largest absolute Gasteiger partial charge is 0.395 e. The molecule has 3 heteroatoms. The quantitative estimate of drug-likeness (QED) is 0.629. The van der Waals surface area contributed by atoms with E-state index < -0.39 is 0 Å². The number of hydrogen-bond acceptors (Lipinski definition) is 3. The van der Waals surface area contributed by atoms with E-state index in [-0.39, 0.29) is 12.6 Å². The summed E-state index contributed by atoms with van der Waals surface area (Å²) in [4.78, 5) is 2.59. The Balaban J connectivity index is 1.67. The van der Waals surface area contributed by atoms with E-state index in [0.717, 1.165) is 24.9 Å². The standard InChI is InChI=1S/C11H22N2O/c12-10(8-14)5-6-13(11-3-4-11)7-9-1-2-9/h9-11,14H,1-8,12H2. The first-order chi connectivity index (χ1) is 6.79. The minimum absolute atomic E-state index is 0.0181. The average molecular weight is 198 g/mol. The highest BCUT2D eigenvalue weighted by Crippen LogP contribution is 2.34. The highest BCUT2D eigenvalue weighted by molar-refractivity contribution is 4.88. The minimum Gasteiger partial charge on any atom is -0.395 e. The summed E-state index contributed by atoms with van der Waals surface area (Å²) in [6.45, 7) is 2.49. The molecule has 1 atom stereocenters. The van der Waals surface area contributed by atoms with E-state index in [1.165, 1.54) is 32.2 Å². The molecule has 3 N–H and O–H groups in total. The molecule has 2 saturated carbocycles. The molecule has 0 radical (unpaired) electrons. The number of rotatable bonds is 7. The van der Waals surface area contributed by atoms with Crippen LogP contribution in [0, 0.1) is 5.92 Å². The van der Waals surface area contributed by atoms with Crippen molar-refractivity contribution < 1.29 is 5.11 Å². The third-order valence-electron chi connectivity index (χ3n) is 3.27. The van der Waals surface area contributed by atoms with Crippen LogP contribution in [0.2, 0.25) is 0 Å². The maximum absolute atomic E-state index is 8.85. The zero-order chi connectivity index (χ0) is 9.97. The van der Waals surface area contributed by atoms with E-state index in [0.29, 0.717) is 0 Å². The Bertz CT molecular complexity index is 178. The van der Waals surface area contributed by atoms with Gasteiger partial charge in [0.2, 0.25) is 0 Å². The maximum atomic E-state index is 8.85. The fourth-order valence-corrected chi connectivity index (χ4v) is 1.92. The topological polar surface area (TPSA) is 49.5 Å². The lowest BCUT2D eigenvalue weighted by molar-refractivity contribution is 0.213. The lowest BCUT2D eigenvalue weighted by Crippen LogP contribution is -2.35. The van der Waals surface area contributed by atoms with Gasteiger partial charge in [0, 0.05) is 18.6 Å². The molecule has 2 aliphatic rings. The predicted molar refractivity (Wildman–Crippen MR) is 57.0 cm³/mol. The molecule has 1 unspecified atom stereocenters. The van der Waals surface area contributed by atoms with Crippen molar-refractivity contribution in [1.29, 1.82) is 0 Å². The second-order valence-corrected chi connectivity index (χ2v) is 4.90. The minimum atomic E-state index is -0.0181. The molecule has 2 aliphatic carbocycles. The molecule has 0 saturated heterocycles. The molecule has 0 aromatic carbocycles. The van der Waals surface area contributed by atoms with Crippen molar-refractivity contribution in [1.82, 2.24) is 4.90 Å². The molecular weight excluding hydrogens is 176 g/mol. The van der Waals surface area contributed by atoms with Crippen LogP contribution >= 0.6 is 0 Å². The van der Waals surface area contributed by atoms with Gasteiger partial charge in [-0.1, -0.05) is 0 Å². The maximum Gasteiger partial charge on any atom is 0.0583 e. The number of nitrogens with two attached hydrogens (primary N) is 1. The SMILES string of the molecule is NC(CO)CCN(CC1CC1)C1CC1. The van der Waals surface area contributed by atoms with Gasteiger partial charge in [-0.2, -0.15) is 0 Å². The van der Waals surface area contributed by atoms with E-state index in [4.69, 9.17) is 10.8 Å². The van der Waals surface area contributed by atoms with E-state index in [1.54, 1.807) is 0 Å². The normalized spacial score (nSPS) is 24.2. The van der Waals surface area contributed by atoms with Crippen molar-refractivity contribution in [3.05, 3.63) is 0 Å². The van der Waals surface area contributed by atoms with E-state index in [1.807, 2.05) is 0 Å². The van der Waals surface area contributed by atoms with Crippen LogP contribution in [-0.2, 0) is 0 Å². The molecule has 0 aromatic heterocycles. The fraction of sp³-hybridized carbons (Fsp3) is 1.00. The molecule has 0 amide bonds. The van der Waals surface area contributed by atoms with Crippen LogP contribution < -0.4 is 5.73 Å². The third kappa shape index (κ3) is 3.23. The van der Waals surface area contributed by atoms with E-state index in [2.05, 4.69) is 4.90 Å². The van der Waals surface area contributed by atoms with Crippen molar-refractivity contribution in [3.63, 3.8) is 0 Å². The molecular formula is C11H22N2O. The van der Waals surface area contributed by atoms with Gasteiger partial charge in [-0.3, -0.25) is 0 Å². The summed E-state index contributed by atoms with van der Waals surface area (Å²) in [6, 6.07) is 0.831. The summed E-state index contributed by atoms with van der Waals surface area (Å²) < 4.78 is 0. The zero-order valence-corrected chi connectivity index (χ0v) is 8.86. The van der Waals surface area contributed by atoms with Gasteiger partial charge in [0.15, 0.2) is 0 Å². The van der Waals surface area contributed by atoms with Crippen molar-refractivity contribution in [2.45, 2.75) is 44.2 Å². The second kappa shape index (κ2) is 4.60. The molecule has 0 spiro atoms. The first kappa shape index (κ1) is 10.4. The Morgan fingerprint density at radius 2 is 2.00 bits per heavy atom. The van der Waals surface area contributed by atoms with Crippen LogP contribution in [0.4, 0.5) is 0 Å². The summed E-state index contributed by atoms with van der Waals surface area (Å²) in [7, 11) is 0. The Labute approximate surface area is 86.3 Å². The highest BCUT2D eigenvalue weighted by atomic mass is 16.3. The lowest BCUT2D eigenvalue weighted by atomic mass is 10.2. The molecule has 3 nitrogen and oxygen atoms in total. The van der Waals surface area contributed by atoms with Gasteiger partial charge in [-0.05, 0) is 44.6 Å². The molecule has 2 fully saturated rings. The van der Waals surface area contributed by atoms with E-state index in [9.17, 15) is 0 Å². The van der Waals surface area contributed by atoms with Gasteiger partial charge in [0.1, 0.15) is 0 Å². The Kier molecular flexibility index (Phi) is 3.42. The van der Waals surface area contributed by atoms with Gasteiger partial charge in [0.05, 0.1) is 6.61 Å². The van der Waals surface area contributed by atoms with Crippen LogP contribution in [0.25, 0.3) is 0 Å². The molecule has 0 heterocycles. The van der Waals surface area contributed by atoms with Crippen LogP contribution in [-0.4, -0.2) is 41.8 Å². The fourth-order valence-electron chi connectivity index (χ4n) is 1.92. The molecule has 82 valence electrons. The van der Waals surface area contributed by atoms with Gasteiger partial charge >= 0.3 is 0 Å². The van der Waals surface area contributed by atoms with Gasteiger partial charge in [-0.15, -0.1) is 0 Å².